The molecule has 0 aliphatic carbocycles. The number of urea groups is 1. The summed E-state index contributed by atoms with van der Waals surface area (Å²) in [4.78, 5) is 12.3. The molecule has 6 nitrogen and oxygen atoms in total. The summed E-state index contributed by atoms with van der Waals surface area (Å²) in [6, 6.07) is 7.47. The summed E-state index contributed by atoms with van der Waals surface area (Å²) in [6.07, 6.45) is 0.736. The van der Waals surface area contributed by atoms with E-state index in [0.717, 1.165) is 29.1 Å². The summed E-state index contributed by atoms with van der Waals surface area (Å²) < 4.78 is 7.19. The van der Waals surface area contributed by atoms with E-state index >= 15 is 0 Å². The van der Waals surface area contributed by atoms with E-state index in [1.807, 2.05) is 63.7 Å². The Morgan fingerprint density at radius 1 is 1.32 bits per heavy atom. The topological polar surface area (TPSA) is 68.2 Å². The van der Waals surface area contributed by atoms with E-state index in [9.17, 15) is 4.79 Å². The monoisotopic (exact) mass is 344 g/mol. The molecule has 0 aliphatic rings. The average Bonchev–Trinajstić information content (AvgIpc) is 2.80. The maximum atomic E-state index is 12.3. The number of ether oxygens (including phenoxy) is 1. The standard InChI is InChI=1S/C19H28N4O2/c1-12(10-18-13(2)22-23(5)14(18)3)20-19(24)21-17-9-7-8-16(11-17)15(4)25-6/h7-9,11-12,15H,10H2,1-6H3,(H2,20,21,24)/t12-,15-/m0/s1. The van der Waals surface area contributed by atoms with Crippen molar-refractivity contribution in [2.24, 2.45) is 7.05 Å². The summed E-state index contributed by atoms with van der Waals surface area (Å²) in [6.45, 7) is 8.01. The number of rotatable bonds is 6. The van der Waals surface area contributed by atoms with Crippen LogP contribution in [0.3, 0.4) is 0 Å². The number of aryl methyl sites for hydroxylation is 2. The van der Waals surface area contributed by atoms with Crippen LogP contribution in [-0.2, 0) is 18.2 Å². The van der Waals surface area contributed by atoms with Crippen molar-refractivity contribution in [3.8, 4) is 0 Å². The molecule has 25 heavy (non-hydrogen) atoms. The van der Waals surface area contributed by atoms with E-state index in [2.05, 4.69) is 15.7 Å². The average molecular weight is 344 g/mol. The summed E-state index contributed by atoms with van der Waals surface area (Å²) >= 11 is 0. The molecule has 0 unspecified atom stereocenters. The van der Waals surface area contributed by atoms with E-state index in [-0.39, 0.29) is 18.2 Å². The first-order valence-electron chi connectivity index (χ1n) is 8.51. The first kappa shape index (κ1) is 19.0. The molecule has 2 rings (SSSR count). The lowest BCUT2D eigenvalue weighted by atomic mass is 10.1. The molecule has 0 aliphatic heterocycles. The van der Waals surface area contributed by atoms with E-state index in [1.165, 1.54) is 5.56 Å². The second-order valence-electron chi connectivity index (χ2n) is 6.48. The van der Waals surface area contributed by atoms with Gasteiger partial charge in [0.15, 0.2) is 0 Å². The number of carbonyl (C=O) groups is 1. The lowest BCUT2D eigenvalue weighted by Gasteiger charge is -2.16. The van der Waals surface area contributed by atoms with Gasteiger partial charge in [-0.3, -0.25) is 4.68 Å². The van der Waals surface area contributed by atoms with Crippen molar-refractivity contribution in [2.45, 2.75) is 46.3 Å². The minimum atomic E-state index is -0.214. The molecular formula is C19H28N4O2. The lowest BCUT2D eigenvalue weighted by molar-refractivity contribution is 0.119. The highest BCUT2D eigenvalue weighted by atomic mass is 16.5. The van der Waals surface area contributed by atoms with Gasteiger partial charge in [-0.15, -0.1) is 0 Å². The van der Waals surface area contributed by atoms with Crippen LogP contribution in [0, 0.1) is 13.8 Å². The van der Waals surface area contributed by atoms with Gasteiger partial charge in [0.05, 0.1) is 11.8 Å². The molecule has 0 saturated heterocycles. The van der Waals surface area contributed by atoms with Crippen molar-refractivity contribution < 1.29 is 9.53 Å². The van der Waals surface area contributed by atoms with Gasteiger partial charge in [-0.1, -0.05) is 12.1 Å². The first-order valence-corrected chi connectivity index (χ1v) is 8.51. The smallest absolute Gasteiger partial charge is 0.319 e. The largest absolute Gasteiger partial charge is 0.377 e. The van der Waals surface area contributed by atoms with Crippen LogP contribution in [0.5, 0.6) is 0 Å². The maximum Gasteiger partial charge on any atom is 0.319 e. The zero-order valence-corrected chi connectivity index (χ0v) is 15.9. The van der Waals surface area contributed by atoms with Gasteiger partial charge in [-0.05, 0) is 57.4 Å². The molecule has 1 aromatic carbocycles. The molecule has 136 valence electrons. The van der Waals surface area contributed by atoms with Gasteiger partial charge in [-0.2, -0.15) is 5.10 Å². The zero-order chi connectivity index (χ0) is 18.6. The number of benzene rings is 1. The molecule has 2 aromatic rings. The molecule has 0 bridgehead atoms. The van der Waals surface area contributed by atoms with E-state index in [1.54, 1.807) is 7.11 Å². The van der Waals surface area contributed by atoms with Gasteiger partial charge < -0.3 is 15.4 Å². The Labute approximate surface area is 149 Å². The molecule has 0 spiro atoms. The Morgan fingerprint density at radius 3 is 2.64 bits per heavy atom. The van der Waals surface area contributed by atoms with Crippen LogP contribution >= 0.6 is 0 Å². The Balaban J connectivity index is 1.95. The number of hydrogen-bond donors (Lipinski definition) is 2. The second kappa shape index (κ2) is 8.16. The molecule has 0 saturated carbocycles. The van der Waals surface area contributed by atoms with Crippen LogP contribution in [0.15, 0.2) is 24.3 Å². The SMILES string of the molecule is CO[C@@H](C)c1cccc(NC(=O)N[C@@H](C)Cc2c(C)nn(C)c2C)c1. The number of aromatic nitrogens is 2. The third-order valence-electron chi connectivity index (χ3n) is 4.51. The van der Waals surface area contributed by atoms with Gasteiger partial charge in [0.25, 0.3) is 0 Å². The molecule has 2 amide bonds. The van der Waals surface area contributed by atoms with Crippen molar-refractivity contribution in [1.29, 1.82) is 0 Å². The van der Waals surface area contributed by atoms with Crippen LogP contribution in [0.25, 0.3) is 0 Å². The Morgan fingerprint density at radius 2 is 2.04 bits per heavy atom. The fraction of sp³-hybridized carbons (Fsp3) is 0.474. The van der Waals surface area contributed by atoms with Gasteiger partial charge in [0.1, 0.15) is 0 Å². The summed E-state index contributed by atoms with van der Waals surface area (Å²) in [5, 5.41) is 10.3. The summed E-state index contributed by atoms with van der Waals surface area (Å²) in [7, 11) is 3.60. The molecule has 0 fully saturated rings. The summed E-state index contributed by atoms with van der Waals surface area (Å²) in [5.74, 6) is 0. The van der Waals surface area contributed by atoms with Crippen LogP contribution in [0.1, 0.15) is 42.5 Å². The number of hydrogen-bond acceptors (Lipinski definition) is 3. The fourth-order valence-electron chi connectivity index (χ4n) is 2.87. The normalized spacial score (nSPS) is 13.4. The Kier molecular flexibility index (Phi) is 6.20. The minimum absolute atomic E-state index is 0.00248. The lowest BCUT2D eigenvalue weighted by Crippen LogP contribution is -2.37. The summed E-state index contributed by atoms with van der Waals surface area (Å²) in [5.41, 5.74) is 5.10. The Hall–Kier alpha value is -2.34. The van der Waals surface area contributed by atoms with Crippen molar-refractivity contribution in [1.82, 2.24) is 15.1 Å². The van der Waals surface area contributed by atoms with Crippen LogP contribution in [0.4, 0.5) is 10.5 Å². The van der Waals surface area contributed by atoms with Gasteiger partial charge in [-0.25, -0.2) is 4.79 Å². The molecule has 0 radical (unpaired) electrons. The first-order chi connectivity index (χ1) is 11.8. The van der Waals surface area contributed by atoms with Crippen LogP contribution < -0.4 is 10.6 Å². The molecule has 6 heteroatoms. The van der Waals surface area contributed by atoms with E-state index in [4.69, 9.17) is 4.74 Å². The highest BCUT2D eigenvalue weighted by Crippen LogP contribution is 2.19. The predicted octanol–water partition coefficient (Wildman–Crippen LogP) is 3.50. The number of nitrogens with zero attached hydrogens (tertiary/aromatic N) is 2. The molecular weight excluding hydrogens is 316 g/mol. The van der Waals surface area contributed by atoms with Crippen molar-refractivity contribution in [3.05, 3.63) is 46.8 Å². The Bertz CT molecular complexity index is 739. The van der Waals surface area contributed by atoms with Crippen LogP contribution in [0.2, 0.25) is 0 Å². The van der Waals surface area contributed by atoms with E-state index in [0.29, 0.717) is 0 Å². The molecule has 2 atom stereocenters. The highest BCUT2D eigenvalue weighted by Gasteiger charge is 2.15. The number of methoxy groups -OCH3 is 1. The number of anilines is 1. The zero-order valence-electron chi connectivity index (χ0n) is 15.9. The highest BCUT2D eigenvalue weighted by molar-refractivity contribution is 5.89. The van der Waals surface area contributed by atoms with Crippen LogP contribution in [-0.4, -0.2) is 29.0 Å². The third-order valence-corrected chi connectivity index (χ3v) is 4.51. The van der Waals surface area contributed by atoms with E-state index < -0.39 is 0 Å². The number of carbonyl (C=O) groups excluding carboxylic acids is 1. The fourth-order valence-corrected chi connectivity index (χ4v) is 2.87. The molecule has 1 aromatic heterocycles. The predicted molar refractivity (Wildman–Crippen MR) is 99.9 cm³/mol. The quantitative estimate of drug-likeness (QED) is 0.843. The number of nitrogens with one attached hydrogen (secondary N) is 2. The maximum absolute atomic E-state index is 12.3. The van der Waals surface area contributed by atoms with Gasteiger partial charge >= 0.3 is 6.03 Å². The number of amides is 2. The van der Waals surface area contributed by atoms with Gasteiger partial charge in [0, 0.05) is 31.6 Å². The minimum Gasteiger partial charge on any atom is -0.377 e. The van der Waals surface area contributed by atoms with Crippen molar-refractivity contribution in [3.63, 3.8) is 0 Å². The molecule has 1 heterocycles. The van der Waals surface area contributed by atoms with Crippen molar-refractivity contribution >= 4 is 11.7 Å². The van der Waals surface area contributed by atoms with Crippen molar-refractivity contribution in [2.75, 3.05) is 12.4 Å². The van der Waals surface area contributed by atoms with Gasteiger partial charge in [0.2, 0.25) is 0 Å². The molecule has 2 N–H and O–H groups in total. The second-order valence-corrected chi connectivity index (χ2v) is 6.48. The third kappa shape index (κ3) is 4.82.